The Morgan fingerprint density at radius 1 is 1.09 bits per heavy atom. The lowest BCUT2D eigenvalue weighted by Gasteiger charge is -2.15. The van der Waals surface area contributed by atoms with Crippen molar-refractivity contribution in [2.24, 2.45) is 0 Å². The first-order valence-electron chi connectivity index (χ1n) is 10.1. The van der Waals surface area contributed by atoms with Crippen molar-refractivity contribution in [1.82, 2.24) is 0 Å². The second-order valence-electron chi connectivity index (χ2n) is 7.01. The van der Waals surface area contributed by atoms with Crippen LogP contribution in [-0.4, -0.2) is 12.5 Å². The number of hydrogen-bond donors (Lipinski definition) is 1. The minimum Gasteiger partial charge on any atom is -0.490 e. The van der Waals surface area contributed by atoms with Crippen LogP contribution in [0.25, 0.3) is 6.08 Å². The highest BCUT2D eigenvalue weighted by Gasteiger charge is 2.16. The van der Waals surface area contributed by atoms with Crippen molar-refractivity contribution in [3.8, 4) is 17.6 Å². The van der Waals surface area contributed by atoms with E-state index in [1.54, 1.807) is 48.5 Å². The molecule has 180 valence electrons. The molecule has 3 aromatic rings. The highest BCUT2D eigenvalue weighted by Crippen LogP contribution is 2.36. The van der Waals surface area contributed by atoms with E-state index in [9.17, 15) is 10.1 Å². The van der Waals surface area contributed by atoms with Gasteiger partial charge in [-0.25, -0.2) is 0 Å². The molecular formula is C25H17Cl4IN2O3. The third-order valence-electron chi connectivity index (χ3n) is 4.59. The molecule has 0 aliphatic heterocycles. The summed E-state index contributed by atoms with van der Waals surface area (Å²) in [5.41, 5.74) is 1.53. The van der Waals surface area contributed by atoms with Gasteiger partial charge >= 0.3 is 0 Å². The van der Waals surface area contributed by atoms with Crippen molar-refractivity contribution in [2.45, 2.75) is 13.5 Å². The predicted molar refractivity (Wildman–Crippen MR) is 150 cm³/mol. The van der Waals surface area contributed by atoms with Crippen LogP contribution in [0.15, 0.2) is 54.1 Å². The molecule has 0 heterocycles. The Kier molecular flexibility index (Phi) is 9.96. The SMILES string of the molecule is CCOc1cc(/C=C(/C#N)C(=O)Nc2cccc(Cl)c2Cl)cc(I)c1OCc1ccc(Cl)cc1Cl. The molecule has 0 unspecified atom stereocenters. The Labute approximate surface area is 236 Å². The normalized spacial score (nSPS) is 11.1. The number of nitrogens with one attached hydrogen (secondary N) is 1. The van der Waals surface area contributed by atoms with Gasteiger partial charge in [0.25, 0.3) is 5.91 Å². The maximum atomic E-state index is 12.7. The lowest BCUT2D eigenvalue weighted by atomic mass is 10.1. The smallest absolute Gasteiger partial charge is 0.266 e. The number of rotatable bonds is 8. The van der Waals surface area contributed by atoms with Crippen LogP contribution in [0, 0.1) is 14.9 Å². The number of benzene rings is 3. The van der Waals surface area contributed by atoms with Gasteiger partial charge in [-0.05, 0) is 77.6 Å². The highest BCUT2D eigenvalue weighted by molar-refractivity contribution is 14.1. The Hall–Kier alpha value is -2.15. The molecule has 0 atom stereocenters. The van der Waals surface area contributed by atoms with Gasteiger partial charge < -0.3 is 14.8 Å². The Morgan fingerprint density at radius 3 is 2.54 bits per heavy atom. The predicted octanol–water partition coefficient (Wildman–Crippen LogP) is 8.43. The molecule has 0 fully saturated rings. The van der Waals surface area contributed by atoms with Crippen molar-refractivity contribution >= 4 is 86.7 Å². The lowest BCUT2D eigenvalue weighted by molar-refractivity contribution is -0.112. The minimum absolute atomic E-state index is 0.124. The summed E-state index contributed by atoms with van der Waals surface area (Å²) in [5.74, 6) is 0.359. The van der Waals surface area contributed by atoms with Crippen LogP contribution in [-0.2, 0) is 11.4 Å². The summed E-state index contributed by atoms with van der Waals surface area (Å²) in [4.78, 5) is 12.7. The van der Waals surface area contributed by atoms with E-state index < -0.39 is 5.91 Å². The molecule has 0 aromatic heterocycles. The summed E-state index contributed by atoms with van der Waals surface area (Å²) in [6.45, 7) is 2.44. The number of anilines is 1. The highest BCUT2D eigenvalue weighted by atomic mass is 127. The number of nitriles is 1. The Bertz CT molecular complexity index is 1340. The van der Waals surface area contributed by atoms with Gasteiger partial charge in [-0.3, -0.25) is 4.79 Å². The fourth-order valence-corrected chi connectivity index (χ4v) is 4.56. The van der Waals surface area contributed by atoms with E-state index in [1.165, 1.54) is 6.08 Å². The molecule has 0 saturated carbocycles. The van der Waals surface area contributed by atoms with Crippen LogP contribution < -0.4 is 14.8 Å². The van der Waals surface area contributed by atoms with Crippen LogP contribution in [0.5, 0.6) is 11.5 Å². The molecule has 0 spiro atoms. The lowest BCUT2D eigenvalue weighted by Crippen LogP contribution is -2.13. The zero-order chi connectivity index (χ0) is 25.5. The summed E-state index contributed by atoms with van der Waals surface area (Å²) in [6.07, 6.45) is 1.46. The van der Waals surface area contributed by atoms with Crippen LogP contribution in [0.1, 0.15) is 18.1 Å². The number of carbonyl (C=O) groups is 1. The summed E-state index contributed by atoms with van der Waals surface area (Å²) in [6, 6.07) is 15.4. The van der Waals surface area contributed by atoms with Crippen molar-refractivity contribution in [3.63, 3.8) is 0 Å². The van der Waals surface area contributed by atoms with Crippen molar-refractivity contribution in [1.29, 1.82) is 5.26 Å². The first-order chi connectivity index (χ1) is 16.7. The minimum atomic E-state index is -0.623. The fraction of sp³-hybridized carbons (Fsp3) is 0.120. The van der Waals surface area contributed by atoms with Gasteiger partial charge in [-0.1, -0.05) is 58.5 Å². The Balaban J connectivity index is 1.87. The first kappa shape index (κ1) is 27.4. The monoisotopic (exact) mass is 660 g/mol. The van der Waals surface area contributed by atoms with Gasteiger partial charge in [0.15, 0.2) is 11.5 Å². The first-order valence-corrected chi connectivity index (χ1v) is 12.7. The molecule has 0 saturated heterocycles. The van der Waals surface area contributed by atoms with Crippen molar-refractivity contribution in [3.05, 3.63) is 88.9 Å². The second-order valence-corrected chi connectivity index (χ2v) is 9.80. The number of halogens is 5. The quantitative estimate of drug-likeness (QED) is 0.149. The summed E-state index contributed by atoms with van der Waals surface area (Å²) in [7, 11) is 0. The van der Waals surface area contributed by atoms with Gasteiger partial charge in [-0.2, -0.15) is 5.26 Å². The van der Waals surface area contributed by atoms with Crippen molar-refractivity contribution in [2.75, 3.05) is 11.9 Å². The number of nitrogens with zero attached hydrogens (tertiary/aromatic N) is 1. The van der Waals surface area contributed by atoms with Gasteiger partial charge in [-0.15, -0.1) is 0 Å². The topological polar surface area (TPSA) is 71.3 Å². The zero-order valence-corrected chi connectivity index (χ0v) is 23.4. The second kappa shape index (κ2) is 12.7. The van der Waals surface area contributed by atoms with Crippen LogP contribution in [0.2, 0.25) is 20.1 Å². The largest absolute Gasteiger partial charge is 0.490 e. The molecular weight excluding hydrogens is 645 g/mol. The third kappa shape index (κ3) is 7.18. The Morgan fingerprint density at radius 2 is 1.86 bits per heavy atom. The van der Waals surface area contributed by atoms with E-state index in [2.05, 4.69) is 27.9 Å². The molecule has 5 nitrogen and oxygen atoms in total. The van der Waals surface area contributed by atoms with E-state index in [0.717, 1.165) is 9.13 Å². The standard InChI is InChI=1S/C25H17Cl4IN2O3/c1-2-34-22-10-14(8-16(12-31)25(33)32-21-5-3-4-18(27)23(21)29)9-20(30)24(22)35-13-15-6-7-17(26)11-19(15)28/h3-11H,2,13H2,1H3,(H,32,33)/b16-8-. The summed E-state index contributed by atoms with van der Waals surface area (Å²) < 4.78 is 12.5. The summed E-state index contributed by atoms with van der Waals surface area (Å²) in [5, 5.41) is 13.7. The van der Waals surface area contributed by atoms with Crippen LogP contribution >= 0.6 is 69.0 Å². The molecule has 35 heavy (non-hydrogen) atoms. The molecule has 0 radical (unpaired) electrons. The maximum Gasteiger partial charge on any atom is 0.266 e. The molecule has 0 aliphatic carbocycles. The fourth-order valence-electron chi connectivity index (χ4n) is 2.97. The zero-order valence-electron chi connectivity index (χ0n) is 18.2. The average molecular weight is 662 g/mol. The molecule has 3 rings (SSSR count). The average Bonchev–Trinajstić information content (AvgIpc) is 2.81. The van der Waals surface area contributed by atoms with Crippen LogP contribution in [0.3, 0.4) is 0 Å². The molecule has 1 amide bonds. The van der Waals surface area contributed by atoms with Crippen molar-refractivity contribution < 1.29 is 14.3 Å². The number of ether oxygens (including phenoxy) is 2. The third-order valence-corrected chi connectivity index (χ3v) is 6.80. The van der Waals surface area contributed by atoms with E-state index in [1.807, 2.05) is 13.0 Å². The molecule has 3 aromatic carbocycles. The van der Waals surface area contributed by atoms with E-state index in [0.29, 0.717) is 44.4 Å². The van der Waals surface area contributed by atoms with Gasteiger partial charge in [0, 0.05) is 15.6 Å². The van der Waals surface area contributed by atoms with Gasteiger partial charge in [0.05, 0.1) is 25.9 Å². The van der Waals surface area contributed by atoms with Gasteiger partial charge in [0.1, 0.15) is 18.2 Å². The van der Waals surface area contributed by atoms with E-state index in [4.69, 9.17) is 55.9 Å². The molecule has 10 heteroatoms. The van der Waals surface area contributed by atoms with E-state index in [-0.39, 0.29) is 17.2 Å². The van der Waals surface area contributed by atoms with Gasteiger partial charge in [0.2, 0.25) is 0 Å². The maximum absolute atomic E-state index is 12.7. The number of carbonyl (C=O) groups excluding carboxylic acids is 1. The summed E-state index contributed by atoms with van der Waals surface area (Å²) >= 11 is 26.5. The van der Waals surface area contributed by atoms with E-state index >= 15 is 0 Å². The molecule has 1 N–H and O–H groups in total. The molecule has 0 aliphatic rings. The number of amides is 1. The molecule has 0 bridgehead atoms. The number of hydrogen-bond acceptors (Lipinski definition) is 4. The van der Waals surface area contributed by atoms with Crippen LogP contribution in [0.4, 0.5) is 5.69 Å².